The zero-order valence-electron chi connectivity index (χ0n) is 17.4. The summed E-state index contributed by atoms with van der Waals surface area (Å²) in [5, 5.41) is 3.35. The monoisotopic (exact) mass is 403 g/mol. The molecule has 0 aromatic heterocycles. The van der Waals surface area contributed by atoms with Crippen LogP contribution in [0.3, 0.4) is 0 Å². The number of hydrogen-bond acceptors (Lipinski definition) is 5. The maximum atomic E-state index is 13.4. The molecule has 0 saturated carbocycles. The van der Waals surface area contributed by atoms with Gasteiger partial charge in [-0.1, -0.05) is 48.5 Å². The van der Waals surface area contributed by atoms with Crippen LogP contribution in [0.1, 0.15) is 42.7 Å². The number of ether oxygens (including phenoxy) is 2. The van der Waals surface area contributed by atoms with Gasteiger partial charge >= 0.3 is 5.97 Å². The molecule has 1 N–H and O–H groups in total. The first-order chi connectivity index (χ1) is 14.5. The van der Waals surface area contributed by atoms with Gasteiger partial charge in [0.15, 0.2) is 5.78 Å². The van der Waals surface area contributed by atoms with Crippen LogP contribution in [0.25, 0.3) is 0 Å². The third-order valence-corrected chi connectivity index (χ3v) is 5.95. The number of methoxy groups -OCH3 is 2. The second kappa shape index (κ2) is 8.19. The van der Waals surface area contributed by atoms with Crippen molar-refractivity contribution in [3.63, 3.8) is 0 Å². The van der Waals surface area contributed by atoms with E-state index in [4.69, 9.17) is 9.47 Å². The van der Waals surface area contributed by atoms with Crippen molar-refractivity contribution in [2.45, 2.75) is 31.6 Å². The Morgan fingerprint density at radius 3 is 2.40 bits per heavy atom. The molecule has 1 aliphatic heterocycles. The average Bonchev–Trinajstić information content (AvgIpc) is 2.78. The van der Waals surface area contributed by atoms with Gasteiger partial charge in [0.1, 0.15) is 5.75 Å². The first-order valence-corrected chi connectivity index (χ1v) is 10.0. The summed E-state index contributed by atoms with van der Waals surface area (Å²) in [6.07, 6.45) is 1.12. The van der Waals surface area contributed by atoms with Crippen molar-refractivity contribution in [1.29, 1.82) is 0 Å². The Morgan fingerprint density at radius 1 is 1.00 bits per heavy atom. The Balaban J connectivity index is 1.85. The summed E-state index contributed by atoms with van der Waals surface area (Å²) in [6, 6.07) is 17.6. The van der Waals surface area contributed by atoms with E-state index in [1.807, 2.05) is 49.4 Å². The minimum Gasteiger partial charge on any atom is -0.496 e. The molecule has 2 aromatic carbocycles. The van der Waals surface area contributed by atoms with Gasteiger partial charge in [-0.15, -0.1) is 0 Å². The number of benzene rings is 2. The van der Waals surface area contributed by atoms with Crippen LogP contribution < -0.4 is 10.1 Å². The fourth-order valence-corrected chi connectivity index (χ4v) is 4.60. The number of Topliss-reactive ketones (excluding diaryl/α,β-unsaturated/α-hetero) is 1. The summed E-state index contributed by atoms with van der Waals surface area (Å²) < 4.78 is 10.7. The van der Waals surface area contributed by atoms with E-state index in [0.717, 1.165) is 16.8 Å². The van der Waals surface area contributed by atoms with E-state index in [1.54, 1.807) is 7.11 Å². The number of carbonyl (C=O) groups is 2. The predicted octanol–water partition coefficient (Wildman–Crippen LogP) is 4.23. The van der Waals surface area contributed by atoms with Crippen molar-refractivity contribution >= 4 is 11.8 Å². The molecule has 0 radical (unpaired) electrons. The molecule has 2 aromatic rings. The first-order valence-electron chi connectivity index (χ1n) is 10.0. The van der Waals surface area contributed by atoms with Crippen molar-refractivity contribution < 1.29 is 19.1 Å². The third kappa shape index (κ3) is 3.41. The van der Waals surface area contributed by atoms with Gasteiger partial charge in [-0.25, -0.2) is 4.79 Å². The zero-order valence-corrected chi connectivity index (χ0v) is 17.4. The lowest BCUT2D eigenvalue weighted by molar-refractivity contribution is -0.136. The highest BCUT2D eigenvalue weighted by Gasteiger charge is 2.42. The maximum absolute atomic E-state index is 13.4. The number of para-hydroxylation sites is 1. The summed E-state index contributed by atoms with van der Waals surface area (Å²) in [5.74, 6) is -0.170. The van der Waals surface area contributed by atoms with E-state index in [2.05, 4.69) is 17.4 Å². The minimum absolute atomic E-state index is 0.0439. The van der Waals surface area contributed by atoms with Crippen LogP contribution in [0.2, 0.25) is 0 Å². The lowest BCUT2D eigenvalue weighted by Gasteiger charge is -2.37. The minimum atomic E-state index is -0.519. The van der Waals surface area contributed by atoms with Crippen LogP contribution in [-0.4, -0.2) is 26.0 Å². The molecule has 0 amide bonds. The fourth-order valence-electron chi connectivity index (χ4n) is 4.60. The molecule has 5 heteroatoms. The Kier molecular flexibility index (Phi) is 5.44. The Morgan fingerprint density at radius 2 is 1.70 bits per heavy atom. The maximum Gasteiger partial charge on any atom is 0.336 e. The zero-order chi connectivity index (χ0) is 21.3. The van der Waals surface area contributed by atoms with Crippen LogP contribution in [-0.2, 0) is 14.3 Å². The number of nitrogens with one attached hydrogen (secondary N) is 1. The Labute approximate surface area is 176 Å². The topological polar surface area (TPSA) is 64.6 Å². The molecular formula is C25H25NO4. The average molecular weight is 403 g/mol. The molecule has 4 rings (SSSR count). The molecule has 5 nitrogen and oxygen atoms in total. The van der Waals surface area contributed by atoms with E-state index in [9.17, 15) is 9.59 Å². The van der Waals surface area contributed by atoms with Crippen molar-refractivity contribution in [3.8, 4) is 5.75 Å². The Hall–Kier alpha value is -3.34. The van der Waals surface area contributed by atoms with E-state index in [0.29, 0.717) is 35.4 Å². The van der Waals surface area contributed by atoms with Crippen LogP contribution >= 0.6 is 0 Å². The SMILES string of the molecule is COC(=O)C1=C(C)NC2=C(C(=O)C[C@@H](c3ccccc3)C2)[C@@H]1c1ccccc1OC. The molecular weight excluding hydrogens is 378 g/mol. The molecule has 0 saturated heterocycles. The fraction of sp³-hybridized carbons (Fsp3) is 0.280. The van der Waals surface area contributed by atoms with Crippen molar-refractivity contribution in [3.05, 3.63) is 88.3 Å². The summed E-state index contributed by atoms with van der Waals surface area (Å²) in [5.41, 5.74) is 4.61. The lowest BCUT2D eigenvalue weighted by Crippen LogP contribution is -2.36. The molecule has 154 valence electrons. The molecule has 0 unspecified atom stereocenters. The highest BCUT2D eigenvalue weighted by molar-refractivity contribution is 6.04. The van der Waals surface area contributed by atoms with Crippen molar-refractivity contribution in [1.82, 2.24) is 5.32 Å². The number of hydrogen-bond donors (Lipinski definition) is 1. The molecule has 0 fully saturated rings. The summed E-state index contributed by atoms with van der Waals surface area (Å²) in [4.78, 5) is 26.2. The van der Waals surface area contributed by atoms with Gasteiger partial charge in [0, 0.05) is 29.0 Å². The van der Waals surface area contributed by atoms with E-state index in [1.165, 1.54) is 7.11 Å². The molecule has 2 atom stereocenters. The molecule has 0 spiro atoms. The number of allylic oxidation sites excluding steroid dienone is 3. The van der Waals surface area contributed by atoms with Gasteiger partial charge in [0.2, 0.25) is 0 Å². The van der Waals surface area contributed by atoms with E-state index in [-0.39, 0.29) is 11.7 Å². The standard InChI is InChI=1S/C25H25NO4/c1-15-22(25(28)30-3)23(18-11-7-8-12-21(18)29-2)24-19(26-15)13-17(14-20(24)27)16-9-5-4-6-10-16/h4-12,17,23,26H,13-14H2,1-3H3/t17-,23+/m0/s1. The second-order valence-electron chi connectivity index (χ2n) is 7.66. The van der Waals surface area contributed by atoms with Crippen LogP contribution in [0.15, 0.2) is 77.1 Å². The molecule has 0 bridgehead atoms. The summed E-state index contributed by atoms with van der Waals surface area (Å²) in [7, 11) is 2.96. The van der Waals surface area contributed by atoms with Crippen molar-refractivity contribution in [2.75, 3.05) is 14.2 Å². The van der Waals surface area contributed by atoms with Crippen molar-refractivity contribution in [2.24, 2.45) is 0 Å². The van der Waals surface area contributed by atoms with Gasteiger partial charge in [-0.2, -0.15) is 0 Å². The molecule has 30 heavy (non-hydrogen) atoms. The number of esters is 1. The highest BCUT2D eigenvalue weighted by atomic mass is 16.5. The molecule has 2 aliphatic rings. The van der Waals surface area contributed by atoms with Gasteiger partial charge in [0.25, 0.3) is 0 Å². The third-order valence-electron chi connectivity index (χ3n) is 5.95. The number of dihydropyridines is 1. The van der Waals surface area contributed by atoms with E-state index < -0.39 is 11.9 Å². The van der Waals surface area contributed by atoms with Crippen LogP contribution in [0.4, 0.5) is 0 Å². The van der Waals surface area contributed by atoms with Gasteiger partial charge in [-0.3, -0.25) is 4.79 Å². The van der Waals surface area contributed by atoms with Gasteiger partial charge in [-0.05, 0) is 30.9 Å². The highest BCUT2D eigenvalue weighted by Crippen LogP contribution is 2.47. The molecule has 1 aliphatic carbocycles. The second-order valence-corrected chi connectivity index (χ2v) is 7.66. The quantitative estimate of drug-likeness (QED) is 0.774. The largest absolute Gasteiger partial charge is 0.496 e. The van der Waals surface area contributed by atoms with Gasteiger partial charge in [0.05, 0.1) is 25.7 Å². The van der Waals surface area contributed by atoms with Gasteiger partial charge < -0.3 is 14.8 Å². The predicted molar refractivity (Wildman–Crippen MR) is 114 cm³/mol. The smallest absolute Gasteiger partial charge is 0.336 e. The Bertz CT molecular complexity index is 1050. The first kappa shape index (κ1) is 20.0. The number of rotatable bonds is 4. The molecule has 1 heterocycles. The van der Waals surface area contributed by atoms with Crippen LogP contribution in [0, 0.1) is 0 Å². The normalized spacial score (nSPS) is 21.1. The van der Waals surface area contributed by atoms with E-state index >= 15 is 0 Å². The van der Waals surface area contributed by atoms with Crippen LogP contribution in [0.5, 0.6) is 5.75 Å². The number of carbonyl (C=O) groups excluding carboxylic acids is 2. The number of ketones is 1. The summed E-state index contributed by atoms with van der Waals surface area (Å²) in [6.45, 7) is 1.86. The summed E-state index contributed by atoms with van der Waals surface area (Å²) >= 11 is 0. The lowest BCUT2D eigenvalue weighted by atomic mass is 9.71.